The molecule has 0 aromatic carbocycles. The Morgan fingerprint density at radius 1 is 1.82 bits per heavy atom. The van der Waals surface area contributed by atoms with Gasteiger partial charge < -0.3 is 9.67 Å². The summed E-state index contributed by atoms with van der Waals surface area (Å²) in [5.41, 5.74) is 0.957. The Morgan fingerprint density at radius 2 is 2.55 bits per heavy atom. The maximum atomic E-state index is 8.88. The summed E-state index contributed by atoms with van der Waals surface area (Å²) in [7, 11) is 1.80. The molecule has 4 heteroatoms. The molecule has 0 amide bonds. The number of aryl methyl sites for hydroxylation is 1. The lowest BCUT2D eigenvalue weighted by molar-refractivity contribution is 0.209. The Bertz CT molecular complexity index is 217. The highest BCUT2D eigenvalue weighted by Gasteiger charge is 2.04. The van der Waals surface area contributed by atoms with E-state index in [4.69, 9.17) is 5.11 Å². The van der Waals surface area contributed by atoms with Crippen LogP contribution in [-0.2, 0) is 0 Å². The van der Waals surface area contributed by atoms with Crippen molar-refractivity contribution in [3.8, 4) is 0 Å². The monoisotopic (exact) mass is 155 g/mol. The van der Waals surface area contributed by atoms with Crippen LogP contribution in [0.3, 0.4) is 0 Å². The van der Waals surface area contributed by atoms with Crippen molar-refractivity contribution in [2.45, 2.75) is 13.1 Å². The van der Waals surface area contributed by atoms with Crippen LogP contribution < -0.4 is 5.32 Å². The van der Waals surface area contributed by atoms with Crippen LogP contribution in [0.25, 0.3) is 0 Å². The average Bonchev–Trinajstić information content (AvgIpc) is 2.39. The number of aliphatic hydroxyl groups is 1. The number of likely N-dealkylation sites (N-methyl/N-ethyl adjacent to an activating group) is 1. The van der Waals surface area contributed by atoms with E-state index in [1.807, 2.05) is 17.7 Å². The molecule has 1 aromatic rings. The number of imidazole rings is 1. The quantitative estimate of drug-likeness (QED) is 0.641. The first-order valence-electron chi connectivity index (χ1n) is 3.56. The largest absolute Gasteiger partial charge is 0.393 e. The first-order valence-corrected chi connectivity index (χ1v) is 3.56. The molecule has 0 aliphatic rings. The molecule has 0 bridgehead atoms. The summed E-state index contributed by atoms with van der Waals surface area (Å²) in [4.78, 5) is 4.05. The van der Waals surface area contributed by atoms with Crippen molar-refractivity contribution in [2.75, 3.05) is 13.7 Å². The molecule has 0 fully saturated rings. The molecule has 1 rings (SSSR count). The van der Waals surface area contributed by atoms with E-state index in [0.29, 0.717) is 0 Å². The fourth-order valence-corrected chi connectivity index (χ4v) is 0.945. The molecule has 11 heavy (non-hydrogen) atoms. The molecule has 1 atom stereocenters. The van der Waals surface area contributed by atoms with Crippen molar-refractivity contribution in [3.05, 3.63) is 18.2 Å². The van der Waals surface area contributed by atoms with Crippen LogP contribution in [0.15, 0.2) is 12.5 Å². The Morgan fingerprint density at radius 3 is 2.91 bits per heavy atom. The number of aromatic nitrogens is 2. The lowest BCUT2D eigenvalue weighted by atomic mass is 10.5. The first-order chi connectivity index (χ1) is 5.27. The molecule has 2 N–H and O–H groups in total. The van der Waals surface area contributed by atoms with Gasteiger partial charge in [0.15, 0.2) is 0 Å². The number of aliphatic hydroxyl groups excluding tert-OH is 1. The van der Waals surface area contributed by atoms with Crippen molar-refractivity contribution in [2.24, 2.45) is 0 Å². The second-order valence-electron chi connectivity index (χ2n) is 2.45. The highest BCUT2D eigenvalue weighted by molar-refractivity contribution is 4.93. The van der Waals surface area contributed by atoms with E-state index in [0.717, 1.165) is 5.69 Å². The minimum atomic E-state index is -0.0591. The SMILES string of the molecule is CNC(CO)n1cnc(C)c1. The molecular weight excluding hydrogens is 142 g/mol. The predicted molar refractivity (Wildman–Crippen MR) is 42.1 cm³/mol. The van der Waals surface area contributed by atoms with Crippen molar-refractivity contribution < 1.29 is 5.11 Å². The normalized spacial score (nSPS) is 13.4. The van der Waals surface area contributed by atoms with Crippen LogP contribution in [0.4, 0.5) is 0 Å². The second kappa shape index (κ2) is 3.50. The zero-order valence-corrected chi connectivity index (χ0v) is 6.78. The minimum absolute atomic E-state index is 0.0591. The van der Waals surface area contributed by atoms with Gasteiger partial charge >= 0.3 is 0 Å². The van der Waals surface area contributed by atoms with Gasteiger partial charge in [-0.2, -0.15) is 0 Å². The molecule has 1 aromatic heterocycles. The van der Waals surface area contributed by atoms with Crippen LogP contribution in [0.1, 0.15) is 11.9 Å². The fourth-order valence-electron chi connectivity index (χ4n) is 0.945. The number of rotatable bonds is 3. The van der Waals surface area contributed by atoms with Gasteiger partial charge in [0.25, 0.3) is 0 Å². The fraction of sp³-hybridized carbons (Fsp3) is 0.571. The van der Waals surface area contributed by atoms with Gasteiger partial charge in [-0.3, -0.25) is 5.32 Å². The summed E-state index contributed by atoms with van der Waals surface area (Å²) in [5, 5.41) is 11.8. The van der Waals surface area contributed by atoms with E-state index in [-0.39, 0.29) is 12.8 Å². The smallest absolute Gasteiger partial charge is 0.108 e. The molecule has 0 saturated heterocycles. The Kier molecular flexibility index (Phi) is 2.62. The van der Waals surface area contributed by atoms with E-state index in [9.17, 15) is 0 Å². The Hall–Kier alpha value is -0.870. The highest BCUT2D eigenvalue weighted by Crippen LogP contribution is 2.01. The van der Waals surface area contributed by atoms with Crippen molar-refractivity contribution >= 4 is 0 Å². The van der Waals surface area contributed by atoms with Crippen molar-refractivity contribution in [1.82, 2.24) is 14.9 Å². The zero-order chi connectivity index (χ0) is 8.27. The van der Waals surface area contributed by atoms with Gasteiger partial charge in [0, 0.05) is 6.20 Å². The molecule has 0 aliphatic heterocycles. The van der Waals surface area contributed by atoms with E-state index in [1.54, 1.807) is 13.4 Å². The predicted octanol–water partition coefficient (Wildman–Crippen LogP) is -0.0982. The van der Waals surface area contributed by atoms with Gasteiger partial charge in [0.2, 0.25) is 0 Å². The van der Waals surface area contributed by atoms with Crippen LogP contribution in [-0.4, -0.2) is 28.3 Å². The summed E-state index contributed by atoms with van der Waals surface area (Å²) in [6, 6.07) is 0. The molecule has 0 spiro atoms. The highest BCUT2D eigenvalue weighted by atomic mass is 16.3. The number of nitrogens with zero attached hydrogens (tertiary/aromatic N) is 2. The molecule has 1 unspecified atom stereocenters. The van der Waals surface area contributed by atoms with Crippen LogP contribution in [0, 0.1) is 6.92 Å². The Labute approximate surface area is 65.9 Å². The van der Waals surface area contributed by atoms with E-state index in [2.05, 4.69) is 10.3 Å². The van der Waals surface area contributed by atoms with Gasteiger partial charge in [0.1, 0.15) is 6.17 Å². The van der Waals surface area contributed by atoms with Crippen LogP contribution in [0.2, 0.25) is 0 Å². The number of hydrogen-bond donors (Lipinski definition) is 2. The lowest BCUT2D eigenvalue weighted by Gasteiger charge is -2.13. The summed E-state index contributed by atoms with van der Waals surface area (Å²) < 4.78 is 1.84. The zero-order valence-electron chi connectivity index (χ0n) is 6.78. The summed E-state index contributed by atoms with van der Waals surface area (Å²) in [5.74, 6) is 0. The van der Waals surface area contributed by atoms with E-state index < -0.39 is 0 Å². The third-order valence-corrected chi connectivity index (χ3v) is 1.60. The second-order valence-corrected chi connectivity index (χ2v) is 2.45. The maximum absolute atomic E-state index is 8.88. The molecule has 0 radical (unpaired) electrons. The number of nitrogens with one attached hydrogen (secondary N) is 1. The molecule has 4 nitrogen and oxygen atoms in total. The summed E-state index contributed by atoms with van der Waals surface area (Å²) in [6.07, 6.45) is 3.53. The van der Waals surface area contributed by atoms with Crippen LogP contribution in [0.5, 0.6) is 0 Å². The van der Waals surface area contributed by atoms with Gasteiger partial charge in [-0.05, 0) is 14.0 Å². The molecule has 62 valence electrons. The topological polar surface area (TPSA) is 50.1 Å². The van der Waals surface area contributed by atoms with E-state index >= 15 is 0 Å². The summed E-state index contributed by atoms with van der Waals surface area (Å²) in [6.45, 7) is 1.99. The van der Waals surface area contributed by atoms with Crippen molar-refractivity contribution in [1.29, 1.82) is 0 Å². The minimum Gasteiger partial charge on any atom is -0.393 e. The van der Waals surface area contributed by atoms with Crippen LogP contribution >= 0.6 is 0 Å². The van der Waals surface area contributed by atoms with Gasteiger partial charge in [-0.25, -0.2) is 4.98 Å². The summed E-state index contributed by atoms with van der Waals surface area (Å²) >= 11 is 0. The third kappa shape index (κ3) is 1.78. The molecule has 0 saturated carbocycles. The van der Waals surface area contributed by atoms with Gasteiger partial charge in [0.05, 0.1) is 18.6 Å². The van der Waals surface area contributed by atoms with E-state index in [1.165, 1.54) is 0 Å². The third-order valence-electron chi connectivity index (χ3n) is 1.60. The Balaban J connectivity index is 2.73. The molecular formula is C7H13N3O. The average molecular weight is 155 g/mol. The molecule has 1 heterocycles. The standard InChI is InChI=1S/C7H13N3O/c1-6-3-10(5-9-6)7(4-11)8-2/h3,5,7-8,11H,4H2,1-2H3. The lowest BCUT2D eigenvalue weighted by Crippen LogP contribution is -2.25. The van der Waals surface area contributed by atoms with Crippen molar-refractivity contribution in [3.63, 3.8) is 0 Å². The van der Waals surface area contributed by atoms with Gasteiger partial charge in [-0.1, -0.05) is 0 Å². The maximum Gasteiger partial charge on any atom is 0.108 e. The molecule has 0 aliphatic carbocycles. The first kappa shape index (κ1) is 8.23. The number of hydrogen-bond acceptors (Lipinski definition) is 3. The van der Waals surface area contributed by atoms with Gasteiger partial charge in [-0.15, -0.1) is 0 Å².